The Morgan fingerprint density at radius 2 is 1.83 bits per heavy atom. The molecule has 0 bridgehead atoms. The normalized spacial score (nSPS) is 21.3. The van der Waals surface area contributed by atoms with E-state index in [0.717, 1.165) is 19.3 Å². The zero-order valence-corrected chi connectivity index (χ0v) is 15.0. The zero-order valence-electron chi connectivity index (χ0n) is 13.3. The molecule has 2 atom stereocenters. The summed E-state index contributed by atoms with van der Waals surface area (Å²) < 4.78 is 22.5. The predicted molar refractivity (Wildman–Crippen MR) is 94.5 cm³/mol. The van der Waals surface area contributed by atoms with E-state index >= 15 is 0 Å². The molecule has 0 aliphatic heterocycles. The molecule has 130 valence electrons. The third-order valence-corrected chi connectivity index (χ3v) is 5.03. The van der Waals surface area contributed by atoms with Crippen LogP contribution in [0.15, 0.2) is 24.3 Å². The van der Waals surface area contributed by atoms with Gasteiger partial charge in [-0.2, -0.15) is 0 Å². The Morgan fingerprint density at radius 1 is 1.22 bits per heavy atom. The summed E-state index contributed by atoms with van der Waals surface area (Å²) in [7, 11) is -3.06. The number of hydrogen-bond acceptors (Lipinski definition) is 4. The summed E-state index contributed by atoms with van der Waals surface area (Å²) in [5.41, 5.74) is 7.02. The van der Waals surface area contributed by atoms with Gasteiger partial charge in [0.2, 0.25) is 0 Å². The molecular weight excluding hydrogens is 336 g/mol. The molecule has 23 heavy (non-hydrogen) atoms. The fourth-order valence-corrected chi connectivity index (χ4v) is 3.78. The second kappa shape index (κ2) is 8.66. The van der Waals surface area contributed by atoms with Crippen molar-refractivity contribution in [2.45, 2.75) is 37.5 Å². The van der Waals surface area contributed by atoms with Crippen molar-refractivity contribution in [1.29, 1.82) is 0 Å². The Balaban J connectivity index is 0.00000264. The number of rotatable bonds is 5. The molecule has 2 unspecified atom stereocenters. The lowest BCUT2D eigenvalue weighted by atomic mass is 9.84. The number of benzene rings is 1. The standard InChI is InChI=1S/C16H24N2O3S.ClH/c1-22(20,21)11-12-6-8-13(9-7-12)16(19)18-15-5-3-2-4-14(15)10-17;/h6-9,14-15H,2-5,10-11,17H2,1H3,(H,18,19);1H. The van der Waals surface area contributed by atoms with E-state index in [4.69, 9.17) is 5.73 Å². The van der Waals surface area contributed by atoms with Crippen molar-refractivity contribution in [3.05, 3.63) is 35.4 Å². The van der Waals surface area contributed by atoms with Gasteiger partial charge in [-0.05, 0) is 43.0 Å². The monoisotopic (exact) mass is 360 g/mol. The maximum Gasteiger partial charge on any atom is 0.251 e. The maximum atomic E-state index is 12.3. The molecule has 1 aliphatic carbocycles. The van der Waals surface area contributed by atoms with E-state index in [9.17, 15) is 13.2 Å². The van der Waals surface area contributed by atoms with Crippen LogP contribution in [0.5, 0.6) is 0 Å². The molecule has 0 spiro atoms. The van der Waals surface area contributed by atoms with Gasteiger partial charge in [0.1, 0.15) is 0 Å². The van der Waals surface area contributed by atoms with Gasteiger partial charge in [-0.3, -0.25) is 4.79 Å². The highest BCUT2D eigenvalue weighted by Gasteiger charge is 2.25. The van der Waals surface area contributed by atoms with Crippen LogP contribution in [0.1, 0.15) is 41.6 Å². The molecule has 2 rings (SSSR count). The molecule has 1 amide bonds. The molecule has 0 saturated heterocycles. The SMILES string of the molecule is CS(=O)(=O)Cc1ccc(C(=O)NC2CCCCC2CN)cc1.Cl. The van der Waals surface area contributed by atoms with Gasteiger partial charge in [0.25, 0.3) is 5.91 Å². The molecule has 1 aliphatic rings. The van der Waals surface area contributed by atoms with Gasteiger partial charge in [-0.1, -0.05) is 25.0 Å². The van der Waals surface area contributed by atoms with Crippen LogP contribution in [0.25, 0.3) is 0 Å². The van der Waals surface area contributed by atoms with E-state index in [0.29, 0.717) is 23.6 Å². The minimum atomic E-state index is -3.06. The van der Waals surface area contributed by atoms with Crippen LogP contribution in [0.2, 0.25) is 0 Å². The second-order valence-corrected chi connectivity index (χ2v) is 8.27. The Bertz CT molecular complexity index is 617. The molecule has 7 heteroatoms. The molecule has 1 aromatic rings. The number of nitrogens with one attached hydrogen (secondary N) is 1. The first-order valence-corrected chi connectivity index (χ1v) is 9.72. The topological polar surface area (TPSA) is 89.3 Å². The first-order chi connectivity index (χ1) is 10.4. The number of amides is 1. The first-order valence-electron chi connectivity index (χ1n) is 7.66. The Kier molecular flexibility index (Phi) is 7.51. The summed E-state index contributed by atoms with van der Waals surface area (Å²) in [6.07, 6.45) is 5.53. The molecule has 5 nitrogen and oxygen atoms in total. The third-order valence-electron chi connectivity index (χ3n) is 4.17. The lowest BCUT2D eigenvalue weighted by Crippen LogP contribution is -2.44. The summed E-state index contributed by atoms with van der Waals surface area (Å²) in [6.45, 7) is 0.595. The quantitative estimate of drug-likeness (QED) is 0.839. The fraction of sp³-hybridized carbons (Fsp3) is 0.562. The van der Waals surface area contributed by atoms with Gasteiger partial charge in [-0.15, -0.1) is 12.4 Å². The number of sulfone groups is 1. The van der Waals surface area contributed by atoms with Crippen LogP contribution in [0, 0.1) is 5.92 Å². The molecule has 0 heterocycles. The highest BCUT2D eigenvalue weighted by molar-refractivity contribution is 7.89. The largest absolute Gasteiger partial charge is 0.349 e. The number of carbonyl (C=O) groups excluding carboxylic acids is 1. The molecule has 3 N–H and O–H groups in total. The lowest BCUT2D eigenvalue weighted by Gasteiger charge is -2.31. The van der Waals surface area contributed by atoms with Crippen molar-refractivity contribution in [1.82, 2.24) is 5.32 Å². The average molecular weight is 361 g/mol. The minimum Gasteiger partial charge on any atom is -0.349 e. The third kappa shape index (κ3) is 6.12. The van der Waals surface area contributed by atoms with Gasteiger partial charge in [-0.25, -0.2) is 8.42 Å². The van der Waals surface area contributed by atoms with Crippen molar-refractivity contribution in [2.24, 2.45) is 11.7 Å². The van der Waals surface area contributed by atoms with E-state index in [-0.39, 0.29) is 30.1 Å². The van der Waals surface area contributed by atoms with Crippen LogP contribution in [-0.2, 0) is 15.6 Å². The summed E-state index contributed by atoms with van der Waals surface area (Å²) in [4.78, 5) is 12.3. The van der Waals surface area contributed by atoms with E-state index in [2.05, 4.69) is 5.32 Å². The van der Waals surface area contributed by atoms with Gasteiger partial charge >= 0.3 is 0 Å². The van der Waals surface area contributed by atoms with Crippen molar-refractivity contribution >= 4 is 28.2 Å². The van der Waals surface area contributed by atoms with Crippen LogP contribution in [0.3, 0.4) is 0 Å². The van der Waals surface area contributed by atoms with Gasteiger partial charge in [0.15, 0.2) is 9.84 Å². The van der Waals surface area contributed by atoms with E-state index in [1.165, 1.54) is 12.7 Å². The van der Waals surface area contributed by atoms with Gasteiger partial charge < -0.3 is 11.1 Å². The van der Waals surface area contributed by atoms with Crippen molar-refractivity contribution in [3.8, 4) is 0 Å². The molecule has 0 radical (unpaired) electrons. The minimum absolute atomic E-state index is 0. The molecular formula is C16H25ClN2O3S. The second-order valence-electron chi connectivity index (χ2n) is 6.13. The van der Waals surface area contributed by atoms with E-state index in [1.54, 1.807) is 24.3 Å². The lowest BCUT2D eigenvalue weighted by molar-refractivity contribution is 0.0908. The summed E-state index contributed by atoms with van der Waals surface area (Å²) in [5.74, 6) is 0.228. The molecule has 1 fully saturated rings. The fourth-order valence-electron chi connectivity index (χ4n) is 2.99. The average Bonchev–Trinajstić information content (AvgIpc) is 2.47. The van der Waals surface area contributed by atoms with Crippen molar-refractivity contribution < 1.29 is 13.2 Å². The Labute approximate surface area is 144 Å². The number of nitrogens with two attached hydrogens (primary N) is 1. The summed E-state index contributed by atoms with van der Waals surface area (Å²) in [5, 5.41) is 3.07. The van der Waals surface area contributed by atoms with Crippen LogP contribution in [0.4, 0.5) is 0 Å². The number of carbonyl (C=O) groups is 1. The van der Waals surface area contributed by atoms with Crippen LogP contribution < -0.4 is 11.1 Å². The Morgan fingerprint density at radius 3 is 2.39 bits per heavy atom. The van der Waals surface area contributed by atoms with E-state index in [1.807, 2.05) is 0 Å². The van der Waals surface area contributed by atoms with Crippen molar-refractivity contribution in [2.75, 3.05) is 12.8 Å². The molecule has 1 saturated carbocycles. The summed E-state index contributed by atoms with van der Waals surface area (Å²) >= 11 is 0. The Hall–Kier alpha value is -1.11. The smallest absolute Gasteiger partial charge is 0.251 e. The van der Waals surface area contributed by atoms with Gasteiger partial charge in [0.05, 0.1) is 5.75 Å². The van der Waals surface area contributed by atoms with E-state index < -0.39 is 9.84 Å². The highest BCUT2D eigenvalue weighted by atomic mass is 35.5. The number of hydrogen-bond donors (Lipinski definition) is 2. The summed E-state index contributed by atoms with van der Waals surface area (Å²) in [6, 6.07) is 6.88. The van der Waals surface area contributed by atoms with Crippen LogP contribution in [-0.4, -0.2) is 33.2 Å². The number of halogens is 1. The molecule has 1 aromatic carbocycles. The van der Waals surface area contributed by atoms with Crippen molar-refractivity contribution in [3.63, 3.8) is 0 Å². The zero-order chi connectivity index (χ0) is 16.2. The molecule has 0 aromatic heterocycles. The first kappa shape index (κ1) is 19.9. The highest BCUT2D eigenvalue weighted by Crippen LogP contribution is 2.23. The predicted octanol–water partition coefficient (Wildman–Crippen LogP) is 1.90. The van der Waals surface area contributed by atoms with Gasteiger partial charge in [0, 0.05) is 17.9 Å². The van der Waals surface area contributed by atoms with Crippen LogP contribution >= 0.6 is 12.4 Å². The maximum absolute atomic E-state index is 12.3.